The minimum absolute atomic E-state index is 0.00535. The maximum absolute atomic E-state index is 12.2. The van der Waals surface area contributed by atoms with Crippen molar-refractivity contribution in [2.75, 3.05) is 7.05 Å². The summed E-state index contributed by atoms with van der Waals surface area (Å²) in [4.78, 5) is 24.7. The number of nitrogens with zero attached hydrogens (tertiary/aromatic N) is 1. The van der Waals surface area contributed by atoms with E-state index in [9.17, 15) is 9.59 Å². The SMILES string of the molecule is Cc1ccccc1CN(C)C(=O)NC(CC(=O)O)C1CC1. The fourth-order valence-electron chi connectivity index (χ4n) is 2.41. The highest BCUT2D eigenvalue weighted by Gasteiger charge is 2.34. The summed E-state index contributed by atoms with van der Waals surface area (Å²) in [5, 5.41) is 11.8. The molecule has 1 saturated carbocycles. The lowest BCUT2D eigenvalue weighted by Crippen LogP contribution is -2.44. The number of aryl methyl sites for hydroxylation is 1. The van der Waals surface area contributed by atoms with Gasteiger partial charge in [-0.2, -0.15) is 0 Å². The van der Waals surface area contributed by atoms with Crippen molar-refractivity contribution < 1.29 is 14.7 Å². The zero-order valence-electron chi connectivity index (χ0n) is 12.5. The van der Waals surface area contributed by atoms with Gasteiger partial charge in [-0.1, -0.05) is 24.3 Å². The maximum Gasteiger partial charge on any atom is 0.317 e. The molecule has 1 aliphatic carbocycles. The van der Waals surface area contributed by atoms with E-state index in [4.69, 9.17) is 5.11 Å². The molecule has 2 amide bonds. The highest BCUT2D eigenvalue weighted by molar-refractivity contribution is 5.76. The monoisotopic (exact) mass is 290 g/mol. The predicted molar refractivity (Wildman–Crippen MR) is 79.9 cm³/mol. The van der Waals surface area contributed by atoms with Gasteiger partial charge in [-0.3, -0.25) is 4.79 Å². The molecule has 0 radical (unpaired) electrons. The van der Waals surface area contributed by atoms with Crippen molar-refractivity contribution in [2.45, 2.75) is 38.8 Å². The second-order valence-corrected chi connectivity index (χ2v) is 5.77. The van der Waals surface area contributed by atoms with Gasteiger partial charge in [0.2, 0.25) is 0 Å². The first-order valence-corrected chi connectivity index (χ1v) is 7.25. The van der Waals surface area contributed by atoms with Gasteiger partial charge in [-0.05, 0) is 36.8 Å². The highest BCUT2D eigenvalue weighted by Crippen LogP contribution is 2.34. The Morgan fingerprint density at radius 1 is 1.38 bits per heavy atom. The summed E-state index contributed by atoms with van der Waals surface area (Å²) >= 11 is 0. The Bertz CT molecular complexity index is 526. The van der Waals surface area contributed by atoms with Gasteiger partial charge in [-0.15, -0.1) is 0 Å². The lowest BCUT2D eigenvalue weighted by atomic mass is 10.1. The fourth-order valence-corrected chi connectivity index (χ4v) is 2.41. The minimum Gasteiger partial charge on any atom is -0.481 e. The van der Waals surface area contributed by atoms with Crippen LogP contribution in [0.1, 0.15) is 30.4 Å². The maximum atomic E-state index is 12.2. The quantitative estimate of drug-likeness (QED) is 0.845. The number of benzene rings is 1. The molecule has 2 rings (SSSR count). The Hall–Kier alpha value is -2.04. The third kappa shape index (κ3) is 4.48. The number of hydrogen-bond donors (Lipinski definition) is 2. The van der Waals surface area contributed by atoms with Crippen LogP contribution in [0.5, 0.6) is 0 Å². The van der Waals surface area contributed by atoms with Gasteiger partial charge in [0, 0.05) is 19.6 Å². The van der Waals surface area contributed by atoms with Crippen molar-refractivity contribution in [1.29, 1.82) is 0 Å². The number of carbonyl (C=O) groups excluding carboxylic acids is 1. The summed E-state index contributed by atoms with van der Waals surface area (Å²) < 4.78 is 0. The van der Waals surface area contributed by atoms with Gasteiger partial charge in [0.25, 0.3) is 0 Å². The minimum atomic E-state index is -0.867. The van der Waals surface area contributed by atoms with Crippen molar-refractivity contribution in [3.8, 4) is 0 Å². The molecule has 5 nitrogen and oxygen atoms in total. The number of amides is 2. The number of nitrogens with one attached hydrogen (secondary N) is 1. The van der Waals surface area contributed by atoms with Crippen LogP contribution in [0.4, 0.5) is 4.79 Å². The highest BCUT2D eigenvalue weighted by atomic mass is 16.4. The second-order valence-electron chi connectivity index (χ2n) is 5.77. The van der Waals surface area contributed by atoms with Gasteiger partial charge in [0.15, 0.2) is 0 Å². The summed E-state index contributed by atoms with van der Waals surface area (Å²) in [7, 11) is 1.73. The van der Waals surface area contributed by atoms with E-state index in [2.05, 4.69) is 5.32 Å². The average Bonchev–Trinajstić information content (AvgIpc) is 3.24. The summed E-state index contributed by atoms with van der Waals surface area (Å²) in [5.41, 5.74) is 2.23. The molecule has 0 spiro atoms. The van der Waals surface area contributed by atoms with Crippen molar-refractivity contribution in [3.63, 3.8) is 0 Å². The lowest BCUT2D eigenvalue weighted by molar-refractivity contribution is -0.137. The molecule has 114 valence electrons. The number of carboxylic acid groups (broad SMARTS) is 1. The van der Waals surface area contributed by atoms with Crippen LogP contribution in [0.2, 0.25) is 0 Å². The molecule has 2 N–H and O–H groups in total. The number of hydrogen-bond acceptors (Lipinski definition) is 2. The molecule has 0 saturated heterocycles. The fraction of sp³-hybridized carbons (Fsp3) is 0.500. The van der Waals surface area contributed by atoms with E-state index in [1.54, 1.807) is 11.9 Å². The topological polar surface area (TPSA) is 69.6 Å². The van der Waals surface area contributed by atoms with Crippen molar-refractivity contribution >= 4 is 12.0 Å². The molecule has 1 aromatic carbocycles. The molecule has 0 aliphatic heterocycles. The van der Waals surface area contributed by atoms with Crippen LogP contribution in [-0.4, -0.2) is 35.1 Å². The first-order chi connectivity index (χ1) is 9.97. The molecule has 1 atom stereocenters. The molecule has 0 bridgehead atoms. The molecule has 0 aromatic heterocycles. The molecular formula is C16H22N2O3. The largest absolute Gasteiger partial charge is 0.481 e. The number of rotatable bonds is 6. The summed E-state index contributed by atoms with van der Waals surface area (Å²) in [5.74, 6) is -0.550. The molecule has 1 fully saturated rings. The van der Waals surface area contributed by atoms with Gasteiger partial charge < -0.3 is 15.3 Å². The van der Waals surface area contributed by atoms with Crippen LogP contribution in [0.25, 0.3) is 0 Å². The number of carboxylic acids is 1. The molecule has 21 heavy (non-hydrogen) atoms. The van der Waals surface area contributed by atoms with Crippen LogP contribution in [0.3, 0.4) is 0 Å². The van der Waals surface area contributed by atoms with E-state index in [1.807, 2.05) is 31.2 Å². The third-order valence-electron chi connectivity index (χ3n) is 3.91. The summed E-state index contributed by atoms with van der Waals surface area (Å²) in [6, 6.07) is 7.46. The zero-order valence-corrected chi connectivity index (χ0v) is 12.5. The smallest absolute Gasteiger partial charge is 0.317 e. The Morgan fingerprint density at radius 2 is 2.05 bits per heavy atom. The lowest BCUT2D eigenvalue weighted by Gasteiger charge is -2.23. The summed E-state index contributed by atoms with van der Waals surface area (Å²) in [6.07, 6.45) is 1.99. The van der Waals surface area contributed by atoms with Gasteiger partial charge in [-0.25, -0.2) is 4.79 Å². The van der Waals surface area contributed by atoms with E-state index in [1.165, 1.54) is 0 Å². The van der Waals surface area contributed by atoms with Crippen LogP contribution in [-0.2, 0) is 11.3 Å². The first kappa shape index (κ1) is 15.4. The van der Waals surface area contributed by atoms with Crippen LogP contribution in [0, 0.1) is 12.8 Å². The molecule has 1 unspecified atom stereocenters. The Morgan fingerprint density at radius 3 is 2.62 bits per heavy atom. The van der Waals surface area contributed by atoms with Gasteiger partial charge >= 0.3 is 12.0 Å². The summed E-state index contributed by atoms with van der Waals surface area (Å²) in [6.45, 7) is 2.53. The first-order valence-electron chi connectivity index (χ1n) is 7.25. The molecule has 1 aromatic rings. The molecule has 1 aliphatic rings. The van der Waals surface area contributed by atoms with Crippen molar-refractivity contribution in [3.05, 3.63) is 35.4 Å². The van der Waals surface area contributed by atoms with Crippen LogP contribution in [0.15, 0.2) is 24.3 Å². The normalized spacial score (nSPS) is 15.3. The molecule has 5 heteroatoms. The Labute approximate surface area is 125 Å². The van der Waals surface area contributed by atoms with E-state index in [0.29, 0.717) is 12.5 Å². The van der Waals surface area contributed by atoms with Gasteiger partial charge in [0.1, 0.15) is 0 Å². The van der Waals surface area contributed by atoms with Crippen LogP contribution < -0.4 is 5.32 Å². The van der Waals surface area contributed by atoms with E-state index in [0.717, 1.165) is 24.0 Å². The number of carbonyl (C=O) groups is 2. The van der Waals surface area contributed by atoms with E-state index in [-0.39, 0.29) is 18.5 Å². The number of urea groups is 1. The van der Waals surface area contributed by atoms with E-state index >= 15 is 0 Å². The average molecular weight is 290 g/mol. The number of aliphatic carboxylic acids is 1. The molecular weight excluding hydrogens is 268 g/mol. The van der Waals surface area contributed by atoms with Crippen molar-refractivity contribution in [1.82, 2.24) is 10.2 Å². The third-order valence-corrected chi connectivity index (χ3v) is 3.91. The predicted octanol–water partition coefficient (Wildman–Crippen LogP) is 2.39. The van der Waals surface area contributed by atoms with E-state index < -0.39 is 5.97 Å². The Balaban J connectivity index is 1.92. The van der Waals surface area contributed by atoms with Crippen LogP contribution >= 0.6 is 0 Å². The standard InChI is InChI=1S/C16H22N2O3/c1-11-5-3-4-6-13(11)10-18(2)16(21)17-14(9-15(19)20)12-7-8-12/h3-6,12,14H,7-10H2,1-2H3,(H,17,21)(H,19,20). The van der Waals surface area contributed by atoms with Gasteiger partial charge in [0.05, 0.1) is 6.42 Å². The Kier molecular flexibility index (Phi) is 4.83. The van der Waals surface area contributed by atoms with Crippen molar-refractivity contribution in [2.24, 2.45) is 5.92 Å². The zero-order chi connectivity index (χ0) is 15.4. The molecule has 0 heterocycles. The second kappa shape index (κ2) is 6.61.